The zero-order valence-corrected chi connectivity index (χ0v) is 18.5. The topological polar surface area (TPSA) is 83.0 Å². The SMILES string of the molecule is CCNC(=NCc1ccc(S(=O)(=O)NCCOC)cc1)N1CCCC1.I. The molecule has 0 radical (unpaired) electrons. The number of sulfonamides is 1. The standard InChI is InChI=1S/C17H28N4O3S.HI/c1-3-18-17(21-11-4-5-12-21)19-14-15-6-8-16(9-7-15)25(22,23)20-10-13-24-2;/h6-9,20H,3-5,10-14H2,1-2H3,(H,18,19);1H. The number of nitrogens with one attached hydrogen (secondary N) is 2. The Kier molecular flexibility index (Phi) is 10.4. The van der Waals surface area contributed by atoms with Crippen LogP contribution < -0.4 is 10.0 Å². The Labute approximate surface area is 173 Å². The fourth-order valence-electron chi connectivity index (χ4n) is 2.66. The normalized spacial score (nSPS) is 15.0. The molecule has 0 saturated carbocycles. The van der Waals surface area contributed by atoms with Crippen molar-refractivity contribution >= 4 is 40.0 Å². The summed E-state index contributed by atoms with van der Waals surface area (Å²) >= 11 is 0. The van der Waals surface area contributed by atoms with Crippen LogP contribution in [-0.2, 0) is 21.3 Å². The number of methoxy groups -OCH3 is 1. The Morgan fingerprint density at radius 3 is 2.46 bits per heavy atom. The first-order valence-corrected chi connectivity index (χ1v) is 10.2. The van der Waals surface area contributed by atoms with Crippen molar-refractivity contribution in [1.82, 2.24) is 14.9 Å². The molecule has 1 saturated heterocycles. The van der Waals surface area contributed by atoms with Crippen molar-refractivity contribution in [2.45, 2.75) is 31.2 Å². The smallest absolute Gasteiger partial charge is 0.240 e. The fourth-order valence-corrected chi connectivity index (χ4v) is 3.67. The third kappa shape index (κ3) is 7.01. The maximum atomic E-state index is 12.1. The number of rotatable bonds is 8. The van der Waals surface area contributed by atoms with Gasteiger partial charge in [-0.15, -0.1) is 24.0 Å². The number of ether oxygens (including phenoxy) is 1. The monoisotopic (exact) mass is 496 g/mol. The molecule has 7 nitrogen and oxygen atoms in total. The fraction of sp³-hybridized carbons (Fsp3) is 0.588. The largest absolute Gasteiger partial charge is 0.383 e. The number of aliphatic imine (C=N–C) groups is 1. The van der Waals surface area contributed by atoms with Gasteiger partial charge in [0, 0.05) is 33.3 Å². The molecule has 0 aliphatic carbocycles. The minimum Gasteiger partial charge on any atom is -0.383 e. The summed E-state index contributed by atoms with van der Waals surface area (Å²) < 4.78 is 31.6. The van der Waals surface area contributed by atoms with Crippen LogP contribution >= 0.6 is 24.0 Å². The van der Waals surface area contributed by atoms with Crippen molar-refractivity contribution in [3.63, 3.8) is 0 Å². The predicted octanol–water partition coefficient (Wildman–Crippen LogP) is 1.79. The number of hydrogen-bond acceptors (Lipinski definition) is 4. The van der Waals surface area contributed by atoms with Crippen LogP contribution in [0.1, 0.15) is 25.3 Å². The summed E-state index contributed by atoms with van der Waals surface area (Å²) in [4.78, 5) is 7.19. The zero-order valence-electron chi connectivity index (χ0n) is 15.4. The number of benzene rings is 1. The summed E-state index contributed by atoms with van der Waals surface area (Å²) in [5.74, 6) is 0.929. The summed E-state index contributed by atoms with van der Waals surface area (Å²) in [5, 5.41) is 3.32. The first-order valence-electron chi connectivity index (χ1n) is 8.67. The van der Waals surface area contributed by atoms with Crippen molar-refractivity contribution in [3.8, 4) is 0 Å². The van der Waals surface area contributed by atoms with Gasteiger partial charge >= 0.3 is 0 Å². The van der Waals surface area contributed by atoms with Crippen molar-refractivity contribution in [1.29, 1.82) is 0 Å². The zero-order chi connectivity index (χ0) is 18.1. The minimum atomic E-state index is -3.49. The summed E-state index contributed by atoms with van der Waals surface area (Å²) in [5.41, 5.74) is 0.977. The van der Waals surface area contributed by atoms with Gasteiger partial charge in [0.2, 0.25) is 10.0 Å². The molecule has 0 amide bonds. The van der Waals surface area contributed by atoms with E-state index in [4.69, 9.17) is 4.74 Å². The van der Waals surface area contributed by atoms with Gasteiger partial charge in [0.1, 0.15) is 0 Å². The van der Waals surface area contributed by atoms with Gasteiger partial charge in [-0.25, -0.2) is 18.1 Å². The molecule has 148 valence electrons. The molecule has 1 aliphatic heterocycles. The van der Waals surface area contributed by atoms with E-state index < -0.39 is 10.0 Å². The highest BCUT2D eigenvalue weighted by Crippen LogP contribution is 2.12. The average Bonchev–Trinajstić information content (AvgIpc) is 3.13. The molecular formula is C17H29IN4O3S. The molecule has 2 N–H and O–H groups in total. The summed E-state index contributed by atoms with van der Waals surface area (Å²) in [6.45, 7) is 6.09. The second kappa shape index (κ2) is 11.7. The number of likely N-dealkylation sites (tertiary alicyclic amines) is 1. The molecule has 0 aromatic heterocycles. The van der Waals surface area contributed by atoms with Crippen molar-refractivity contribution in [2.24, 2.45) is 4.99 Å². The van der Waals surface area contributed by atoms with Gasteiger partial charge in [0.15, 0.2) is 5.96 Å². The lowest BCUT2D eigenvalue weighted by atomic mass is 10.2. The van der Waals surface area contributed by atoms with E-state index in [9.17, 15) is 8.42 Å². The lowest BCUT2D eigenvalue weighted by molar-refractivity contribution is 0.204. The predicted molar refractivity (Wildman–Crippen MR) is 115 cm³/mol. The Hall–Kier alpha value is -0.910. The highest BCUT2D eigenvalue weighted by Gasteiger charge is 2.16. The van der Waals surface area contributed by atoms with Crippen LogP contribution in [0.4, 0.5) is 0 Å². The van der Waals surface area contributed by atoms with Gasteiger partial charge in [0.05, 0.1) is 18.0 Å². The Balaban J connectivity index is 0.00000338. The van der Waals surface area contributed by atoms with Crippen LogP contribution in [0.2, 0.25) is 0 Å². The van der Waals surface area contributed by atoms with Crippen LogP contribution in [0.3, 0.4) is 0 Å². The van der Waals surface area contributed by atoms with E-state index in [1.54, 1.807) is 12.1 Å². The quantitative estimate of drug-likeness (QED) is 0.248. The molecule has 0 atom stereocenters. The van der Waals surface area contributed by atoms with E-state index >= 15 is 0 Å². The van der Waals surface area contributed by atoms with Gasteiger partial charge in [-0.1, -0.05) is 12.1 Å². The third-order valence-corrected chi connectivity index (χ3v) is 5.46. The van der Waals surface area contributed by atoms with E-state index in [2.05, 4.69) is 26.9 Å². The highest BCUT2D eigenvalue weighted by atomic mass is 127. The second-order valence-electron chi connectivity index (χ2n) is 5.90. The molecule has 1 fully saturated rings. The van der Waals surface area contributed by atoms with Gasteiger partial charge < -0.3 is 15.0 Å². The van der Waals surface area contributed by atoms with Crippen LogP contribution in [0, 0.1) is 0 Å². The number of guanidine groups is 1. The maximum absolute atomic E-state index is 12.1. The molecular weight excluding hydrogens is 467 g/mol. The van der Waals surface area contributed by atoms with E-state index in [-0.39, 0.29) is 35.4 Å². The molecule has 26 heavy (non-hydrogen) atoms. The van der Waals surface area contributed by atoms with Crippen LogP contribution in [0.15, 0.2) is 34.2 Å². The first-order chi connectivity index (χ1) is 12.1. The van der Waals surface area contributed by atoms with Crippen molar-refractivity contribution in [3.05, 3.63) is 29.8 Å². The summed E-state index contributed by atoms with van der Waals surface area (Å²) in [6.07, 6.45) is 2.40. The van der Waals surface area contributed by atoms with E-state index in [1.165, 1.54) is 20.0 Å². The van der Waals surface area contributed by atoms with Crippen LogP contribution in [0.5, 0.6) is 0 Å². The van der Waals surface area contributed by atoms with E-state index in [0.29, 0.717) is 13.2 Å². The summed E-state index contributed by atoms with van der Waals surface area (Å²) in [7, 11) is -1.95. The van der Waals surface area contributed by atoms with E-state index in [1.807, 2.05) is 12.1 Å². The van der Waals surface area contributed by atoms with Gasteiger partial charge in [-0.05, 0) is 37.5 Å². The summed E-state index contributed by atoms with van der Waals surface area (Å²) in [6, 6.07) is 6.84. The molecule has 1 aromatic rings. The molecule has 1 aliphatic rings. The molecule has 0 unspecified atom stereocenters. The minimum absolute atomic E-state index is 0. The van der Waals surface area contributed by atoms with Crippen LogP contribution in [0.25, 0.3) is 0 Å². The molecule has 1 aromatic carbocycles. The van der Waals surface area contributed by atoms with Crippen molar-refractivity contribution < 1.29 is 13.2 Å². The van der Waals surface area contributed by atoms with Crippen LogP contribution in [-0.4, -0.2) is 59.2 Å². The average molecular weight is 496 g/mol. The molecule has 2 rings (SSSR count). The van der Waals surface area contributed by atoms with Gasteiger partial charge in [-0.2, -0.15) is 0 Å². The third-order valence-electron chi connectivity index (χ3n) is 3.98. The molecule has 0 spiro atoms. The number of halogens is 1. The van der Waals surface area contributed by atoms with Crippen molar-refractivity contribution in [2.75, 3.05) is 39.9 Å². The Bertz CT molecular complexity index is 659. The number of hydrogen-bond donors (Lipinski definition) is 2. The van der Waals surface area contributed by atoms with Gasteiger partial charge in [-0.3, -0.25) is 0 Å². The highest BCUT2D eigenvalue weighted by molar-refractivity contribution is 14.0. The molecule has 1 heterocycles. The molecule has 9 heteroatoms. The number of nitrogens with zero attached hydrogens (tertiary/aromatic N) is 2. The van der Waals surface area contributed by atoms with E-state index in [0.717, 1.165) is 31.2 Å². The Morgan fingerprint density at radius 2 is 1.88 bits per heavy atom. The first kappa shape index (κ1) is 23.1. The lowest BCUT2D eigenvalue weighted by Crippen LogP contribution is -2.39. The second-order valence-corrected chi connectivity index (χ2v) is 7.67. The molecule has 0 bridgehead atoms. The lowest BCUT2D eigenvalue weighted by Gasteiger charge is -2.20. The maximum Gasteiger partial charge on any atom is 0.240 e. The Morgan fingerprint density at radius 1 is 1.23 bits per heavy atom. The van der Waals surface area contributed by atoms with Gasteiger partial charge in [0.25, 0.3) is 0 Å².